The zero-order valence-corrected chi connectivity index (χ0v) is 13.3. The summed E-state index contributed by atoms with van der Waals surface area (Å²) < 4.78 is 11.7. The molecular weight excluding hydrogens is 316 g/mol. The van der Waals surface area contributed by atoms with Crippen molar-refractivity contribution in [3.05, 3.63) is 41.2 Å². The molecule has 0 atom stereocenters. The van der Waals surface area contributed by atoms with E-state index in [1.807, 2.05) is 0 Å². The first-order chi connectivity index (χ1) is 11.5. The van der Waals surface area contributed by atoms with E-state index in [9.17, 15) is 14.7 Å². The lowest BCUT2D eigenvalue weighted by atomic mass is 10.1. The number of hydrazone groups is 1. The predicted octanol–water partition coefficient (Wildman–Crippen LogP) is 0.899. The lowest BCUT2D eigenvalue weighted by Gasteiger charge is -2.12. The van der Waals surface area contributed by atoms with Gasteiger partial charge in [0, 0.05) is 18.8 Å². The number of aryl methyl sites for hydroxylation is 1. The second kappa shape index (κ2) is 7.27. The van der Waals surface area contributed by atoms with Crippen LogP contribution in [0, 0.1) is 0 Å². The Bertz CT molecular complexity index is 797. The lowest BCUT2D eigenvalue weighted by Crippen LogP contribution is -2.17. The number of ether oxygens (including phenoxy) is 2. The number of hydrogen-bond donors (Lipinski definition) is 2. The van der Waals surface area contributed by atoms with Crippen molar-refractivity contribution in [3.8, 4) is 11.5 Å². The third-order valence-corrected chi connectivity index (χ3v) is 3.13. The van der Waals surface area contributed by atoms with E-state index in [0.717, 1.165) is 0 Å². The summed E-state index contributed by atoms with van der Waals surface area (Å²) in [5.41, 5.74) is 2.78. The number of nitrogens with zero attached hydrogens (tertiary/aromatic N) is 3. The molecule has 9 nitrogen and oxygen atoms in total. The average molecular weight is 332 g/mol. The molecule has 0 saturated carbocycles. The average Bonchev–Trinajstić information content (AvgIpc) is 3.00. The standard InChI is InChI=1S/C15H16N4O5/c1-19-8-10(7-17-19)14(20)18-16-6-9-4-5-11(23-2)13(24-3)12(9)15(21)22/h4-8H,1-3H3,(H,18,20)(H,21,22)/b16-6-. The normalized spacial score (nSPS) is 10.6. The Kier molecular flexibility index (Phi) is 5.15. The first-order valence-corrected chi connectivity index (χ1v) is 6.78. The fourth-order valence-corrected chi connectivity index (χ4v) is 2.03. The highest BCUT2D eigenvalue weighted by Gasteiger charge is 2.20. The van der Waals surface area contributed by atoms with E-state index < -0.39 is 11.9 Å². The summed E-state index contributed by atoms with van der Waals surface area (Å²) in [4.78, 5) is 23.3. The van der Waals surface area contributed by atoms with Crippen molar-refractivity contribution in [2.45, 2.75) is 0 Å². The summed E-state index contributed by atoms with van der Waals surface area (Å²) in [6.07, 6.45) is 4.15. The van der Waals surface area contributed by atoms with Crippen LogP contribution in [0.4, 0.5) is 0 Å². The first kappa shape index (κ1) is 17.0. The van der Waals surface area contributed by atoms with Crippen LogP contribution in [-0.4, -0.2) is 47.2 Å². The number of aromatic nitrogens is 2. The molecule has 0 radical (unpaired) electrons. The Hall–Kier alpha value is -3.36. The van der Waals surface area contributed by atoms with E-state index in [1.165, 1.54) is 43.6 Å². The highest BCUT2D eigenvalue weighted by atomic mass is 16.5. The fourth-order valence-electron chi connectivity index (χ4n) is 2.03. The van der Waals surface area contributed by atoms with Gasteiger partial charge in [0.2, 0.25) is 0 Å². The molecule has 24 heavy (non-hydrogen) atoms. The molecule has 0 fully saturated rings. The number of amides is 1. The van der Waals surface area contributed by atoms with Crippen LogP contribution in [0.1, 0.15) is 26.3 Å². The SMILES string of the molecule is COc1ccc(/C=N\NC(=O)c2cnn(C)c2)c(C(=O)O)c1OC. The Morgan fingerprint density at radius 3 is 2.62 bits per heavy atom. The fraction of sp³-hybridized carbons (Fsp3) is 0.200. The zero-order valence-electron chi connectivity index (χ0n) is 13.3. The number of carboxylic acid groups (broad SMARTS) is 1. The van der Waals surface area contributed by atoms with E-state index in [4.69, 9.17) is 9.47 Å². The minimum Gasteiger partial charge on any atom is -0.493 e. The van der Waals surface area contributed by atoms with Crippen molar-refractivity contribution in [2.24, 2.45) is 12.1 Å². The van der Waals surface area contributed by atoms with Gasteiger partial charge in [-0.1, -0.05) is 0 Å². The van der Waals surface area contributed by atoms with E-state index >= 15 is 0 Å². The van der Waals surface area contributed by atoms with Crippen molar-refractivity contribution in [1.29, 1.82) is 0 Å². The van der Waals surface area contributed by atoms with Gasteiger partial charge in [0.15, 0.2) is 11.5 Å². The number of carboxylic acids is 1. The molecule has 1 aromatic carbocycles. The van der Waals surface area contributed by atoms with Crippen LogP contribution in [0.15, 0.2) is 29.6 Å². The van der Waals surface area contributed by atoms with Gasteiger partial charge < -0.3 is 14.6 Å². The molecule has 1 amide bonds. The number of carbonyl (C=O) groups is 2. The van der Waals surface area contributed by atoms with Gasteiger partial charge in [-0.3, -0.25) is 9.48 Å². The number of methoxy groups -OCH3 is 2. The largest absolute Gasteiger partial charge is 0.493 e. The van der Waals surface area contributed by atoms with Gasteiger partial charge in [0.25, 0.3) is 5.91 Å². The summed E-state index contributed by atoms with van der Waals surface area (Å²) in [5, 5.41) is 17.0. The molecule has 2 N–H and O–H groups in total. The van der Waals surface area contributed by atoms with Crippen molar-refractivity contribution >= 4 is 18.1 Å². The quantitative estimate of drug-likeness (QED) is 0.600. The van der Waals surface area contributed by atoms with Crippen LogP contribution in [0.2, 0.25) is 0 Å². The Morgan fingerprint density at radius 2 is 2.08 bits per heavy atom. The minimum absolute atomic E-state index is 0.0764. The predicted molar refractivity (Wildman–Crippen MR) is 84.8 cm³/mol. The maximum atomic E-state index is 11.9. The molecule has 2 aromatic rings. The summed E-state index contributed by atoms with van der Waals surface area (Å²) in [6.45, 7) is 0. The molecule has 0 aliphatic rings. The maximum Gasteiger partial charge on any atom is 0.340 e. The minimum atomic E-state index is -1.20. The highest BCUT2D eigenvalue weighted by Crippen LogP contribution is 2.32. The smallest absolute Gasteiger partial charge is 0.340 e. The van der Waals surface area contributed by atoms with Gasteiger partial charge in [-0.05, 0) is 12.1 Å². The topological polar surface area (TPSA) is 115 Å². The lowest BCUT2D eigenvalue weighted by molar-refractivity contribution is 0.0692. The number of nitrogens with one attached hydrogen (secondary N) is 1. The number of benzene rings is 1. The monoisotopic (exact) mass is 332 g/mol. The number of rotatable bonds is 6. The summed E-state index contributed by atoms with van der Waals surface area (Å²) in [6, 6.07) is 3.06. The molecule has 2 rings (SSSR count). The summed E-state index contributed by atoms with van der Waals surface area (Å²) in [5.74, 6) is -1.30. The van der Waals surface area contributed by atoms with Gasteiger partial charge in [0.1, 0.15) is 5.56 Å². The van der Waals surface area contributed by atoms with E-state index in [1.54, 1.807) is 13.1 Å². The molecule has 0 bridgehead atoms. The van der Waals surface area contributed by atoms with E-state index in [0.29, 0.717) is 5.56 Å². The van der Waals surface area contributed by atoms with Gasteiger partial charge in [-0.2, -0.15) is 10.2 Å². The van der Waals surface area contributed by atoms with Gasteiger partial charge in [-0.25, -0.2) is 10.2 Å². The maximum absolute atomic E-state index is 11.9. The zero-order chi connectivity index (χ0) is 17.7. The van der Waals surface area contributed by atoms with Crippen LogP contribution >= 0.6 is 0 Å². The van der Waals surface area contributed by atoms with Crippen LogP contribution in [0.3, 0.4) is 0 Å². The number of aromatic carboxylic acids is 1. The van der Waals surface area contributed by atoms with Crippen LogP contribution in [0.5, 0.6) is 11.5 Å². The summed E-state index contributed by atoms with van der Waals surface area (Å²) in [7, 11) is 4.43. The molecule has 0 unspecified atom stereocenters. The van der Waals surface area contributed by atoms with Crippen molar-refractivity contribution < 1.29 is 24.2 Å². The Morgan fingerprint density at radius 1 is 1.33 bits per heavy atom. The van der Waals surface area contributed by atoms with Gasteiger partial charge in [-0.15, -0.1) is 0 Å². The molecular formula is C15H16N4O5. The third-order valence-electron chi connectivity index (χ3n) is 3.13. The second-order valence-corrected chi connectivity index (χ2v) is 4.67. The van der Waals surface area contributed by atoms with Crippen molar-refractivity contribution in [1.82, 2.24) is 15.2 Å². The molecule has 0 spiro atoms. The second-order valence-electron chi connectivity index (χ2n) is 4.67. The number of carbonyl (C=O) groups excluding carboxylic acids is 1. The molecule has 1 heterocycles. The van der Waals surface area contributed by atoms with E-state index in [2.05, 4.69) is 15.6 Å². The Labute approximate surface area is 137 Å². The molecule has 0 saturated heterocycles. The molecule has 1 aromatic heterocycles. The first-order valence-electron chi connectivity index (χ1n) is 6.78. The number of hydrogen-bond acceptors (Lipinski definition) is 6. The molecule has 9 heteroatoms. The third kappa shape index (κ3) is 3.51. The van der Waals surface area contributed by atoms with E-state index in [-0.39, 0.29) is 22.6 Å². The molecule has 0 aliphatic carbocycles. The van der Waals surface area contributed by atoms with Gasteiger partial charge >= 0.3 is 5.97 Å². The molecule has 0 aliphatic heterocycles. The molecule has 126 valence electrons. The summed E-state index contributed by atoms with van der Waals surface area (Å²) >= 11 is 0. The van der Waals surface area contributed by atoms with Gasteiger partial charge in [0.05, 0.1) is 32.2 Å². The Balaban J connectivity index is 2.25. The van der Waals surface area contributed by atoms with Crippen molar-refractivity contribution in [3.63, 3.8) is 0 Å². The van der Waals surface area contributed by atoms with Crippen molar-refractivity contribution in [2.75, 3.05) is 14.2 Å². The van der Waals surface area contributed by atoms with Crippen LogP contribution < -0.4 is 14.9 Å². The van der Waals surface area contributed by atoms with Crippen LogP contribution in [0.25, 0.3) is 0 Å². The highest BCUT2D eigenvalue weighted by molar-refractivity contribution is 6.02. The van der Waals surface area contributed by atoms with Crippen LogP contribution in [-0.2, 0) is 7.05 Å².